The van der Waals surface area contributed by atoms with E-state index in [4.69, 9.17) is 5.73 Å². The lowest BCUT2D eigenvalue weighted by atomic mass is 9.98. The number of nitrogen functional groups attached to an aromatic ring is 1. The van der Waals surface area contributed by atoms with Crippen LogP contribution in [0.5, 0.6) is 0 Å². The highest BCUT2D eigenvalue weighted by Gasteiger charge is 2.18. The van der Waals surface area contributed by atoms with Gasteiger partial charge in [0.05, 0.1) is 4.47 Å². The van der Waals surface area contributed by atoms with Crippen LogP contribution in [0.15, 0.2) is 28.3 Å². The molecular weight excluding hydrogens is 297 g/mol. The molecular formula is C14H15BrFNO. The normalized spacial score (nSPS) is 16.0. The van der Waals surface area contributed by atoms with Crippen molar-refractivity contribution in [2.24, 2.45) is 0 Å². The first-order chi connectivity index (χ1) is 8.59. The topological polar surface area (TPSA) is 43.1 Å². The molecule has 1 aromatic rings. The SMILES string of the molecule is Nc1cc(Br)c(F)cc1C(=O)C1=CCCCCC1. The summed E-state index contributed by atoms with van der Waals surface area (Å²) < 4.78 is 13.8. The quantitative estimate of drug-likeness (QED) is 0.655. The predicted molar refractivity (Wildman–Crippen MR) is 74.0 cm³/mol. The van der Waals surface area contributed by atoms with Gasteiger partial charge in [0.2, 0.25) is 0 Å². The predicted octanol–water partition coefficient (Wildman–Crippen LogP) is 4.24. The second-order valence-corrected chi connectivity index (χ2v) is 5.37. The van der Waals surface area contributed by atoms with Gasteiger partial charge in [-0.05, 0) is 59.3 Å². The summed E-state index contributed by atoms with van der Waals surface area (Å²) in [4.78, 5) is 12.3. The average molecular weight is 312 g/mol. The number of anilines is 1. The number of nitrogens with two attached hydrogens (primary N) is 1. The van der Waals surface area contributed by atoms with Crippen molar-refractivity contribution in [3.05, 3.63) is 39.6 Å². The fourth-order valence-corrected chi connectivity index (χ4v) is 2.51. The van der Waals surface area contributed by atoms with E-state index in [1.165, 1.54) is 12.1 Å². The average Bonchev–Trinajstić information content (AvgIpc) is 2.61. The highest BCUT2D eigenvalue weighted by Crippen LogP contribution is 2.27. The molecule has 96 valence electrons. The summed E-state index contributed by atoms with van der Waals surface area (Å²) in [7, 11) is 0. The Labute approximate surface area is 114 Å². The summed E-state index contributed by atoms with van der Waals surface area (Å²) in [6.07, 6.45) is 6.90. The molecule has 0 amide bonds. The molecule has 18 heavy (non-hydrogen) atoms. The van der Waals surface area contributed by atoms with Gasteiger partial charge in [0, 0.05) is 11.3 Å². The van der Waals surface area contributed by atoms with Crippen LogP contribution in [-0.4, -0.2) is 5.78 Å². The summed E-state index contributed by atoms with van der Waals surface area (Å²) in [6.45, 7) is 0. The molecule has 0 radical (unpaired) electrons. The number of hydrogen-bond donors (Lipinski definition) is 1. The second-order valence-electron chi connectivity index (χ2n) is 4.51. The Morgan fingerprint density at radius 2 is 2.06 bits per heavy atom. The van der Waals surface area contributed by atoms with Gasteiger partial charge in [0.1, 0.15) is 5.82 Å². The number of allylic oxidation sites excluding steroid dienone is 2. The molecule has 0 atom stereocenters. The van der Waals surface area contributed by atoms with E-state index in [1.54, 1.807) is 0 Å². The van der Waals surface area contributed by atoms with Crippen LogP contribution in [0.2, 0.25) is 0 Å². The first kappa shape index (κ1) is 13.3. The van der Waals surface area contributed by atoms with E-state index in [-0.39, 0.29) is 15.8 Å². The van der Waals surface area contributed by atoms with Crippen LogP contribution in [0, 0.1) is 5.82 Å². The van der Waals surface area contributed by atoms with E-state index in [1.807, 2.05) is 6.08 Å². The van der Waals surface area contributed by atoms with Crippen LogP contribution in [0.3, 0.4) is 0 Å². The Hall–Kier alpha value is -1.16. The Balaban J connectivity index is 2.33. The van der Waals surface area contributed by atoms with Crippen molar-refractivity contribution < 1.29 is 9.18 Å². The van der Waals surface area contributed by atoms with E-state index in [2.05, 4.69) is 15.9 Å². The molecule has 2 nitrogen and oxygen atoms in total. The van der Waals surface area contributed by atoms with Crippen molar-refractivity contribution in [3.63, 3.8) is 0 Å². The van der Waals surface area contributed by atoms with Crippen LogP contribution >= 0.6 is 15.9 Å². The van der Waals surface area contributed by atoms with Gasteiger partial charge >= 0.3 is 0 Å². The Morgan fingerprint density at radius 1 is 1.28 bits per heavy atom. The van der Waals surface area contributed by atoms with E-state index in [0.717, 1.165) is 37.7 Å². The fourth-order valence-electron chi connectivity index (χ4n) is 2.15. The Kier molecular flexibility index (Phi) is 4.17. The number of rotatable bonds is 2. The second kappa shape index (κ2) is 5.65. The third-order valence-electron chi connectivity index (χ3n) is 3.17. The molecule has 1 aliphatic rings. The maximum Gasteiger partial charge on any atom is 0.190 e. The summed E-state index contributed by atoms with van der Waals surface area (Å²) in [5.74, 6) is -0.595. The van der Waals surface area contributed by atoms with E-state index >= 15 is 0 Å². The van der Waals surface area contributed by atoms with E-state index in [0.29, 0.717) is 5.69 Å². The van der Waals surface area contributed by atoms with Gasteiger partial charge in [-0.3, -0.25) is 4.79 Å². The van der Waals surface area contributed by atoms with Crippen molar-refractivity contribution in [1.82, 2.24) is 0 Å². The number of carbonyl (C=O) groups is 1. The molecule has 0 aromatic heterocycles. The van der Waals surface area contributed by atoms with Crippen LogP contribution in [0.1, 0.15) is 42.5 Å². The van der Waals surface area contributed by atoms with Crippen molar-refractivity contribution in [1.29, 1.82) is 0 Å². The molecule has 2 rings (SSSR count). The highest BCUT2D eigenvalue weighted by atomic mass is 79.9. The minimum absolute atomic E-state index is 0.138. The standard InChI is InChI=1S/C14H15BrFNO/c15-11-8-13(17)10(7-12(11)16)14(18)9-5-3-1-2-4-6-9/h5,7-8H,1-4,6,17H2. The van der Waals surface area contributed by atoms with Gasteiger partial charge in [0.15, 0.2) is 5.78 Å². The van der Waals surface area contributed by atoms with Crippen LogP contribution in [0.4, 0.5) is 10.1 Å². The first-order valence-electron chi connectivity index (χ1n) is 6.08. The molecule has 2 N–H and O–H groups in total. The Bertz CT molecular complexity index is 511. The van der Waals surface area contributed by atoms with E-state index < -0.39 is 5.82 Å². The van der Waals surface area contributed by atoms with Crippen molar-refractivity contribution in [2.75, 3.05) is 5.73 Å². The first-order valence-corrected chi connectivity index (χ1v) is 6.87. The lowest BCUT2D eigenvalue weighted by Gasteiger charge is -2.08. The lowest BCUT2D eigenvalue weighted by molar-refractivity contribution is 0.103. The zero-order valence-electron chi connectivity index (χ0n) is 10.0. The largest absolute Gasteiger partial charge is 0.398 e. The molecule has 0 bridgehead atoms. The summed E-state index contributed by atoms with van der Waals surface area (Å²) in [6, 6.07) is 2.66. The third kappa shape index (κ3) is 2.80. The zero-order chi connectivity index (χ0) is 13.1. The molecule has 0 saturated heterocycles. The highest BCUT2D eigenvalue weighted by molar-refractivity contribution is 9.10. The number of benzene rings is 1. The fraction of sp³-hybridized carbons (Fsp3) is 0.357. The number of Topliss-reactive ketones (excluding diaryl/α,β-unsaturated/α-hetero) is 1. The Morgan fingerprint density at radius 3 is 2.83 bits per heavy atom. The molecule has 1 aliphatic carbocycles. The van der Waals surface area contributed by atoms with Gasteiger partial charge < -0.3 is 5.73 Å². The molecule has 0 spiro atoms. The zero-order valence-corrected chi connectivity index (χ0v) is 11.6. The van der Waals surface area contributed by atoms with Crippen LogP contribution < -0.4 is 5.73 Å². The molecule has 0 unspecified atom stereocenters. The van der Waals surface area contributed by atoms with Crippen molar-refractivity contribution >= 4 is 27.4 Å². The summed E-state index contributed by atoms with van der Waals surface area (Å²) in [5, 5.41) is 0. The van der Waals surface area contributed by atoms with Gasteiger partial charge in [0.25, 0.3) is 0 Å². The lowest BCUT2D eigenvalue weighted by Crippen LogP contribution is -2.08. The summed E-state index contributed by atoms with van der Waals surface area (Å²) in [5.41, 5.74) is 7.14. The van der Waals surface area contributed by atoms with Crippen LogP contribution in [-0.2, 0) is 0 Å². The molecule has 4 heteroatoms. The van der Waals surface area contributed by atoms with Crippen molar-refractivity contribution in [2.45, 2.75) is 32.1 Å². The van der Waals surface area contributed by atoms with Gasteiger partial charge in [-0.25, -0.2) is 4.39 Å². The minimum atomic E-state index is -0.457. The number of hydrogen-bond acceptors (Lipinski definition) is 2. The van der Waals surface area contributed by atoms with Crippen molar-refractivity contribution in [3.8, 4) is 0 Å². The number of ketones is 1. The number of carbonyl (C=O) groups excluding carboxylic acids is 1. The minimum Gasteiger partial charge on any atom is -0.398 e. The molecule has 1 aromatic carbocycles. The van der Waals surface area contributed by atoms with Gasteiger partial charge in [-0.15, -0.1) is 0 Å². The number of halogens is 2. The molecule has 0 aliphatic heterocycles. The molecule has 0 saturated carbocycles. The monoisotopic (exact) mass is 311 g/mol. The summed E-state index contributed by atoms with van der Waals surface area (Å²) >= 11 is 3.06. The van der Waals surface area contributed by atoms with Gasteiger partial charge in [-0.1, -0.05) is 12.5 Å². The molecule has 0 heterocycles. The third-order valence-corrected chi connectivity index (χ3v) is 3.78. The maximum atomic E-state index is 13.5. The maximum absolute atomic E-state index is 13.5. The van der Waals surface area contributed by atoms with Gasteiger partial charge in [-0.2, -0.15) is 0 Å². The van der Waals surface area contributed by atoms with Crippen LogP contribution in [0.25, 0.3) is 0 Å². The molecule has 0 fully saturated rings. The van der Waals surface area contributed by atoms with E-state index in [9.17, 15) is 9.18 Å². The smallest absolute Gasteiger partial charge is 0.190 e.